The van der Waals surface area contributed by atoms with Gasteiger partial charge in [-0.1, -0.05) is 30.7 Å². The number of ether oxygens (including phenoxy) is 1. The van der Waals surface area contributed by atoms with Crippen molar-refractivity contribution in [1.29, 1.82) is 0 Å². The smallest absolute Gasteiger partial charge is 0.222 e. The average molecular weight is 333 g/mol. The predicted molar refractivity (Wildman–Crippen MR) is 87.1 cm³/mol. The van der Waals surface area contributed by atoms with E-state index in [4.69, 9.17) is 16.3 Å². The van der Waals surface area contributed by atoms with Gasteiger partial charge in [0.15, 0.2) is 0 Å². The summed E-state index contributed by atoms with van der Waals surface area (Å²) in [5.74, 6) is 0.0415. The normalized spacial score (nSPS) is 19.4. The number of carbonyl (C=O) groups excluding carboxylic acids is 1. The number of amides is 1. The van der Waals surface area contributed by atoms with Crippen LogP contribution >= 0.6 is 24.0 Å². The molecular weight excluding hydrogens is 311 g/mol. The third-order valence-electron chi connectivity index (χ3n) is 3.42. The molecule has 1 saturated heterocycles. The van der Waals surface area contributed by atoms with Crippen LogP contribution in [0.2, 0.25) is 5.02 Å². The minimum absolute atomic E-state index is 0. The Balaban J connectivity index is 0.00000220. The molecule has 1 aliphatic rings. The average Bonchev–Trinajstić information content (AvgIpc) is 2.46. The first kappa shape index (κ1) is 18.2. The maximum Gasteiger partial charge on any atom is 0.222 e. The van der Waals surface area contributed by atoms with Crippen molar-refractivity contribution in [2.75, 3.05) is 19.8 Å². The Bertz CT molecular complexity index is 451. The maximum atomic E-state index is 12.1. The standard InChI is InChI=1S/C15H21ClN2O2.ClH/c1-2-14(11-4-3-5-12(16)8-11)18-15(19)9-13-10-20-7-6-17-13;/h3-5,8,13-14,17H,2,6-7,9-10H2,1H3,(H,18,19);1H. The first-order valence-electron chi connectivity index (χ1n) is 7.05. The topological polar surface area (TPSA) is 50.4 Å². The van der Waals surface area contributed by atoms with Gasteiger partial charge in [-0.3, -0.25) is 4.79 Å². The van der Waals surface area contributed by atoms with E-state index in [0.29, 0.717) is 18.1 Å². The highest BCUT2D eigenvalue weighted by molar-refractivity contribution is 6.30. The van der Waals surface area contributed by atoms with Crippen molar-refractivity contribution in [3.63, 3.8) is 0 Å². The van der Waals surface area contributed by atoms with Crippen molar-refractivity contribution in [2.45, 2.75) is 31.8 Å². The van der Waals surface area contributed by atoms with Gasteiger partial charge in [0.1, 0.15) is 0 Å². The van der Waals surface area contributed by atoms with Gasteiger partial charge in [0.25, 0.3) is 0 Å². The van der Waals surface area contributed by atoms with Gasteiger partial charge in [-0.05, 0) is 24.1 Å². The van der Waals surface area contributed by atoms with E-state index in [0.717, 1.165) is 25.1 Å². The maximum absolute atomic E-state index is 12.1. The number of benzene rings is 1. The molecule has 0 aromatic heterocycles. The number of rotatable bonds is 5. The minimum atomic E-state index is 0. The lowest BCUT2D eigenvalue weighted by Gasteiger charge is -2.24. The summed E-state index contributed by atoms with van der Waals surface area (Å²) in [6.45, 7) is 4.18. The van der Waals surface area contributed by atoms with Crippen LogP contribution in [-0.2, 0) is 9.53 Å². The zero-order chi connectivity index (χ0) is 14.4. The van der Waals surface area contributed by atoms with E-state index in [1.54, 1.807) is 0 Å². The fraction of sp³-hybridized carbons (Fsp3) is 0.533. The molecule has 0 aliphatic carbocycles. The Kier molecular flexibility index (Phi) is 8.04. The lowest BCUT2D eigenvalue weighted by atomic mass is 10.0. The number of nitrogens with one attached hydrogen (secondary N) is 2. The van der Waals surface area contributed by atoms with Gasteiger partial charge in [0.05, 0.1) is 19.3 Å². The molecule has 6 heteroatoms. The molecule has 2 N–H and O–H groups in total. The predicted octanol–water partition coefficient (Wildman–Crippen LogP) is 2.71. The number of morpholine rings is 1. The molecule has 1 amide bonds. The van der Waals surface area contributed by atoms with Gasteiger partial charge in [-0.2, -0.15) is 0 Å². The lowest BCUT2D eigenvalue weighted by Crippen LogP contribution is -2.44. The van der Waals surface area contributed by atoms with Crippen LogP contribution in [0.1, 0.15) is 31.4 Å². The molecule has 1 fully saturated rings. The van der Waals surface area contributed by atoms with Crippen LogP contribution in [0.25, 0.3) is 0 Å². The number of carbonyl (C=O) groups is 1. The Labute approximate surface area is 137 Å². The van der Waals surface area contributed by atoms with Gasteiger partial charge >= 0.3 is 0 Å². The second-order valence-electron chi connectivity index (χ2n) is 5.01. The van der Waals surface area contributed by atoms with Crippen molar-refractivity contribution in [2.24, 2.45) is 0 Å². The summed E-state index contributed by atoms with van der Waals surface area (Å²) < 4.78 is 5.35. The fourth-order valence-electron chi connectivity index (χ4n) is 2.37. The number of hydrogen-bond donors (Lipinski definition) is 2. The molecule has 0 spiro atoms. The van der Waals surface area contributed by atoms with Crippen LogP contribution in [0.4, 0.5) is 0 Å². The molecule has 118 valence electrons. The second-order valence-corrected chi connectivity index (χ2v) is 5.45. The van der Waals surface area contributed by atoms with Crippen LogP contribution in [0.15, 0.2) is 24.3 Å². The Morgan fingerprint density at radius 3 is 3.00 bits per heavy atom. The number of halogens is 2. The molecule has 1 heterocycles. The van der Waals surface area contributed by atoms with Crippen molar-refractivity contribution >= 4 is 29.9 Å². The van der Waals surface area contributed by atoms with Gasteiger partial charge in [0, 0.05) is 24.0 Å². The number of hydrogen-bond acceptors (Lipinski definition) is 3. The van der Waals surface area contributed by atoms with E-state index >= 15 is 0 Å². The van der Waals surface area contributed by atoms with Gasteiger partial charge in [-0.25, -0.2) is 0 Å². The molecule has 2 rings (SSSR count). The van der Waals surface area contributed by atoms with Crippen LogP contribution in [0.3, 0.4) is 0 Å². The van der Waals surface area contributed by atoms with Crippen LogP contribution < -0.4 is 10.6 Å². The van der Waals surface area contributed by atoms with Crippen LogP contribution in [0.5, 0.6) is 0 Å². The van der Waals surface area contributed by atoms with Crippen LogP contribution in [-0.4, -0.2) is 31.7 Å². The van der Waals surface area contributed by atoms with E-state index < -0.39 is 0 Å². The molecule has 0 saturated carbocycles. The molecule has 4 nitrogen and oxygen atoms in total. The summed E-state index contributed by atoms with van der Waals surface area (Å²) >= 11 is 6.00. The van der Waals surface area contributed by atoms with Crippen molar-refractivity contribution in [3.05, 3.63) is 34.9 Å². The molecule has 0 radical (unpaired) electrons. The van der Waals surface area contributed by atoms with Crippen molar-refractivity contribution in [1.82, 2.24) is 10.6 Å². The molecule has 1 aromatic rings. The molecule has 1 aromatic carbocycles. The van der Waals surface area contributed by atoms with Gasteiger partial charge < -0.3 is 15.4 Å². The first-order valence-corrected chi connectivity index (χ1v) is 7.42. The summed E-state index contributed by atoms with van der Waals surface area (Å²) in [4.78, 5) is 12.1. The highest BCUT2D eigenvalue weighted by atomic mass is 35.5. The monoisotopic (exact) mass is 332 g/mol. The molecule has 21 heavy (non-hydrogen) atoms. The van der Waals surface area contributed by atoms with E-state index in [2.05, 4.69) is 10.6 Å². The first-order chi connectivity index (χ1) is 9.69. The Morgan fingerprint density at radius 2 is 2.38 bits per heavy atom. The minimum Gasteiger partial charge on any atom is -0.378 e. The summed E-state index contributed by atoms with van der Waals surface area (Å²) in [6.07, 6.45) is 1.28. The zero-order valence-electron chi connectivity index (χ0n) is 12.1. The van der Waals surface area contributed by atoms with E-state index in [-0.39, 0.29) is 30.4 Å². The third kappa shape index (κ3) is 5.83. The van der Waals surface area contributed by atoms with E-state index in [9.17, 15) is 4.79 Å². The molecule has 2 unspecified atom stereocenters. The van der Waals surface area contributed by atoms with Crippen molar-refractivity contribution in [3.8, 4) is 0 Å². The highest BCUT2D eigenvalue weighted by Gasteiger charge is 2.19. The molecule has 0 bridgehead atoms. The second kappa shape index (κ2) is 9.26. The zero-order valence-corrected chi connectivity index (χ0v) is 13.7. The van der Waals surface area contributed by atoms with Gasteiger partial charge in [-0.15, -0.1) is 12.4 Å². The Hall–Kier alpha value is -0.810. The quantitative estimate of drug-likeness (QED) is 0.871. The fourth-order valence-corrected chi connectivity index (χ4v) is 2.57. The highest BCUT2D eigenvalue weighted by Crippen LogP contribution is 2.20. The van der Waals surface area contributed by atoms with Gasteiger partial charge in [0.2, 0.25) is 5.91 Å². The third-order valence-corrected chi connectivity index (χ3v) is 3.66. The van der Waals surface area contributed by atoms with E-state index in [1.165, 1.54) is 0 Å². The van der Waals surface area contributed by atoms with Crippen LogP contribution in [0, 0.1) is 0 Å². The SMILES string of the molecule is CCC(NC(=O)CC1COCCN1)c1cccc(Cl)c1.Cl. The summed E-state index contributed by atoms with van der Waals surface area (Å²) in [6, 6.07) is 7.75. The largest absolute Gasteiger partial charge is 0.378 e. The Morgan fingerprint density at radius 1 is 1.57 bits per heavy atom. The summed E-state index contributed by atoms with van der Waals surface area (Å²) in [5.41, 5.74) is 1.04. The van der Waals surface area contributed by atoms with Crippen molar-refractivity contribution < 1.29 is 9.53 Å². The molecule has 2 atom stereocenters. The molecular formula is C15H22Cl2N2O2. The summed E-state index contributed by atoms with van der Waals surface area (Å²) in [5, 5.41) is 7.04. The lowest BCUT2D eigenvalue weighted by molar-refractivity contribution is -0.123. The summed E-state index contributed by atoms with van der Waals surface area (Å²) in [7, 11) is 0. The molecule has 1 aliphatic heterocycles. The van der Waals surface area contributed by atoms with E-state index in [1.807, 2.05) is 31.2 Å².